The number of rotatable bonds is 7. The summed E-state index contributed by atoms with van der Waals surface area (Å²) in [6.45, 7) is 4.45. The lowest BCUT2D eigenvalue weighted by Gasteiger charge is -2.23. The minimum atomic E-state index is -0.0247. The van der Waals surface area contributed by atoms with Crippen molar-refractivity contribution in [2.24, 2.45) is 5.92 Å². The first-order valence-corrected chi connectivity index (χ1v) is 7.82. The molecule has 1 unspecified atom stereocenters. The molecule has 0 aromatic heterocycles. The van der Waals surface area contributed by atoms with Crippen LogP contribution in [0.1, 0.15) is 25.5 Å². The summed E-state index contributed by atoms with van der Waals surface area (Å²) < 4.78 is 5.18. The van der Waals surface area contributed by atoms with Crippen molar-refractivity contribution in [3.05, 3.63) is 60.2 Å². The van der Waals surface area contributed by atoms with Gasteiger partial charge in [-0.2, -0.15) is 0 Å². The molecule has 0 aliphatic carbocycles. The van der Waals surface area contributed by atoms with E-state index in [1.54, 1.807) is 7.11 Å². The lowest BCUT2D eigenvalue weighted by molar-refractivity contribution is -0.120. The molecule has 1 atom stereocenters. The molecule has 122 valence electrons. The van der Waals surface area contributed by atoms with Gasteiger partial charge in [-0.25, -0.2) is 0 Å². The van der Waals surface area contributed by atoms with Crippen molar-refractivity contribution in [1.29, 1.82) is 0 Å². The van der Waals surface area contributed by atoms with Crippen LogP contribution in [0.15, 0.2) is 54.6 Å². The van der Waals surface area contributed by atoms with E-state index in [4.69, 9.17) is 4.74 Å². The van der Waals surface area contributed by atoms with Gasteiger partial charge in [0.1, 0.15) is 5.75 Å². The normalized spacial score (nSPS) is 11.8. The number of para-hydroxylation sites is 1. The minimum absolute atomic E-state index is 0.0222. The molecule has 0 heterocycles. The Morgan fingerprint density at radius 2 is 1.70 bits per heavy atom. The van der Waals surface area contributed by atoms with E-state index in [1.165, 1.54) is 0 Å². The second-order valence-electron chi connectivity index (χ2n) is 5.78. The third-order valence-electron chi connectivity index (χ3n) is 3.68. The monoisotopic (exact) mass is 312 g/mol. The molecule has 2 N–H and O–H groups in total. The first kappa shape index (κ1) is 16.9. The molecule has 23 heavy (non-hydrogen) atoms. The van der Waals surface area contributed by atoms with Gasteiger partial charge in [0.15, 0.2) is 0 Å². The molecule has 0 aliphatic heterocycles. The third kappa shape index (κ3) is 5.02. The number of methoxy groups -OCH3 is 1. The Balaban J connectivity index is 1.96. The van der Waals surface area contributed by atoms with E-state index in [0.29, 0.717) is 5.92 Å². The third-order valence-corrected chi connectivity index (χ3v) is 3.68. The SMILES string of the molecule is COc1ccc(C(NC(=O)CNc2ccccc2)C(C)C)cc1. The van der Waals surface area contributed by atoms with Gasteiger partial charge in [-0.3, -0.25) is 4.79 Å². The maximum Gasteiger partial charge on any atom is 0.239 e. The average molecular weight is 312 g/mol. The molecule has 2 aromatic carbocycles. The van der Waals surface area contributed by atoms with Crippen LogP contribution in [0.5, 0.6) is 5.75 Å². The van der Waals surface area contributed by atoms with Gasteiger partial charge in [0.2, 0.25) is 5.91 Å². The highest BCUT2D eigenvalue weighted by Crippen LogP contribution is 2.23. The first-order chi connectivity index (χ1) is 11.1. The van der Waals surface area contributed by atoms with E-state index in [1.807, 2.05) is 54.6 Å². The summed E-state index contributed by atoms with van der Waals surface area (Å²) in [6.07, 6.45) is 0. The molecule has 0 aliphatic rings. The second kappa shape index (κ2) is 8.22. The van der Waals surface area contributed by atoms with Crippen LogP contribution in [0.3, 0.4) is 0 Å². The summed E-state index contributed by atoms with van der Waals surface area (Å²) in [5.74, 6) is 1.08. The molecule has 1 amide bonds. The molecule has 2 rings (SSSR count). The van der Waals surface area contributed by atoms with Crippen molar-refractivity contribution in [1.82, 2.24) is 5.32 Å². The number of hydrogen-bond donors (Lipinski definition) is 2. The van der Waals surface area contributed by atoms with Crippen LogP contribution in [0, 0.1) is 5.92 Å². The highest BCUT2D eigenvalue weighted by atomic mass is 16.5. The van der Waals surface area contributed by atoms with E-state index < -0.39 is 0 Å². The Kier molecular flexibility index (Phi) is 6.03. The van der Waals surface area contributed by atoms with E-state index >= 15 is 0 Å². The summed E-state index contributed by atoms with van der Waals surface area (Å²) in [6, 6.07) is 17.5. The van der Waals surface area contributed by atoms with Gasteiger partial charge in [0.25, 0.3) is 0 Å². The predicted octanol–water partition coefficient (Wildman–Crippen LogP) is 3.62. The van der Waals surface area contributed by atoms with Gasteiger partial charge in [-0.15, -0.1) is 0 Å². The molecule has 0 spiro atoms. The molecule has 2 aromatic rings. The van der Waals surface area contributed by atoms with Gasteiger partial charge in [-0.05, 0) is 35.7 Å². The fourth-order valence-electron chi connectivity index (χ4n) is 2.41. The summed E-state index contributed by atoms with van der Waals surface area (Å²) in [5, 5.41) is 6.22. The van der Waals surface area contributed by atoms with E-state index in [-0.39, 0.29) is 18.5 Å². The zero-order valence-corrected chi connectivity index (χ0v) is 13.9. The Morgan fingerprint density at radius 3 is 2.26 bits per heavy atom. The molecular weight excluding hydrogens is 288 g/mol. The lowest BCUT2D eigenvalue weighted by atomic mass is 9.96. The van der Waals surface area contributed by atoms with Gasteiger partial charge >= 0.3 is 0 Å². The van der Waals surface area contributed by atoms with Crippen LogP contribution >= 0.6 is 0 Å². The van der Waals surface area contributed by atoms with Crippen LogP contribution < -0.4 is 15.4 Å². The second-order valence-corrected chi connectivity index (χ2v) is 5.78. The summed E-state index contributed by atoms with van der Waals surface area (Å²) >= 11 is 0. The Labute approximate surface area is 137 Å². The van der Waals surface area contributed by atoms with E-state index in [0.717, 1.165) is 17.0 Å². The molecule has 0 saturated heterocycles. The van der Waals surface area contributed by atoms with Crippen molar-refractivity contribution in [2.75, 3.05) is 19.0 Å². The average Bonchev–Trinajstić information content (AvgIpc) is 2.58. The zero-order chi connectivity index (χ0) is 16.7. The minimum Gasteiger partial charge on any atom is -0.497 e. The summed E-state index contributed by atoms with van der Waals surface area (Å²) in [5.41, 5.74) is 2.02. The fourth-order valence-corrected chi connectivity index (χ4v) is 2.41. The van der Waals surface area contributed by atoms with Crippen LogP contribution in [-0.2, 0) is 4.79 Å². The smallest absolute Gasteiger partial charge is 0.239 e. The number of benzene rings is 2. The van der Waals surface area contributed by atoms with Crippen molar-refractivity contribution in [3.8, 4) is 5.75 Å². The number of ether oxygens (including phenoxy) is 1. The van der Waals surface area contributed by atoms with Gasteiger partial charge < -0.3 is 15.4 Å². The highest BCUT2D eigenvalue weighted by Gasteiger charge is 2.18. The van der Waals surface area contributed by atoms with Gasteiger partial charge in [-0.1, -0.05) is 44.2 Å². The summed E-state index contributed by atoms with van der Waals surface area (Å²) in [4.78, 5) is 12.2. The highest BCUT2D eigenvalue weighted by molar-refractivity contribution is 5.81. The molecule has 4 heteroatoms. The Morgan fingerprint density at radius 1 is 1.04 bits per heavy atom. The predicted molar refractivity (Wildman–Crippen MR) is 93.6 cm³/mol. The largest absolute Gasteiger partial charge is 0.497 e. The molecule has 0 bridgehead atoms. The van der Waals surface area contributed by atoms with Crippen molar-refractivity contribution in [3.63, 3.8) is 0 Å². The standard InChI is InChI=1S/C19H24N2O2/c1-14(2)19(15-9-11-17(23-3)12-10-15)21-18(22)13-20-16-7-5-4-6-8-16/h4-12,14,19-20H,13H2,1-3H3,(H,21,22). The molecule has 0 radical (unpaired) electrons. The topological polar surface area (TPSA) is 50.4 Å². The molecule has 0 fully saturated rings. The Bertz CT molecular complexity index is 609. The fraction of sp³-hybridized carbons (Fsp3) is 0.316. The maximum absolute atomic E-state index is 12.2. The molecular formula is C19H24N2O2. The summed E-state index contributed by atoms with van der Waals surface area (Å²) in [7, 11) is 1.64. The molecule has 4 nitrogen and oxygen atoms in total. The first-order valence-electron chi connectivity index (χ1n) is 7.82. The van der Waals surface area contributed by atoms with E-state index in [9.17, 15) is 4.79 Å². The number of carbonyl (C=O) groups excluding carboxylic acids is 1. The van der Waals surface area contributed by atoms with Crippen molar-refractivity contribution < 1.29 is 9.53 Å². The van der Waals surface area contributed by atoms with E-state index in [2.05, 4.69) is 24.5 Å². The Hall–Kier alpha value is -2.49. The number of nitrogens with one attached hydrogen (secondary N) is 2. The molecule has 0 saturated carbocycles. The van der Waals surface area contributed by atoms with Crippen LogP contribution in [0.2, 0.25) is 0 Å². The number of carbonyl (C=O) groups is 1. The zero-order valence-electron chi connectivity index (χ0n) is 13.9. The lowest BCUT2D eigenvalue weighted by Crippen LogP contribution is -2.35. The van der Waals surface area contributed by atoms with Gasteiger partial charge in [0, 0.05) is 5.69 Å². The van der Waals surface area contributed by atoms with Crippen LogP contribution in [0.4, 0.5) is 5.69 Å². The quantitative estimate of drug-likeness (QED) is 0.821. The van der Waals surface area contributed by atoms with Crippen molar-refractivity contribution >= 4 is 11.6 Å². The number of hydrogen-bond acceptors (Lipinski definition) is 3. The number of anilines is 1. The van der Waals surface area contributed by atoms with Crippen molar-refractivity contribution in [2.45, 2.75) is 19.9 Å². The van der Waals surface area contributed by atoms with Gasteiger partial charge in [0.05, 0.1) is 19.7 Å². The van der Waals surface area contributed by atoms with Crippen LogP contribution in [0.25, 0.3) is 0 Å². The maximum atomic E-state index is 12.2. The number of amides is 1. The van der Waals surface area contributed by atoms with Crippen LogP contribution in [-0.4, -0.2) is 19.6 Å².